The molecule has 1 saturated heterocycles. The molecular weight excluding hydrogens is 222 g/mol. The van der Waals surface area contributed by atoms with E-state index >= 15 is 0 Å². The summed E-state index contributed by atoms with van der Waals surface area (Å²) in [4.78, 5) is 17.1. The van der Waals surface area contributed by atoms with Crippen LogP contribution in [0.1, 0.15) is 6.42 Å². The van der Waals surface area contributed by atoms with E-state index in [0.717, 1.165) is 0 Å². The molecule has 1 fully saturated rings. The van der Waals surface area contributed by atoms with Gasteiger partial charge >= 0.3 is 5.97 Å². The molecule has 1 atom stereocenters. The van der Waals surface area contributed by atoms with Crippen LogP contribution in [0.15, 0.2) is 18.2 Å². The molecule has 0 spiro atoms. The molecule has 0 aliphatic carbocycles. The molecule has 6 nitrogen and oxygen atoms in total. The van der Waals surface area contributed by atoms with E-state index in [4.69, 9.17) is 15.6 Å². The summed E-state index contributed by atoms with van der Waals surface area (Å²) in [7, 11) is 1.54. The minimum Gasteiger partial charge on any atom is -0.481 e. The molecule has 2 heterocycles. The molecule has 1 aliphatic rings. The summed E-state index contributed by atoms with van der Waals surface area (Å²) >= 11 is 0. The second-order valence-electron chi connectivity index (χ2n) is 4.17. The van der Waals surface area contributed by atoms with Crippen LogP contribution in [0.25, 0.3) is 0 Å². The monoisotopic (exact) mass is 237 g/mol. The Morgan fingerprint density at radius 2 is 2.41 bits per heavy atom. The number of ether oxygens (including phenoxy) is 1. The van der Waals surface area contributed by atoms with Crippen LogP contribution in [-0.4, -0.2) is 41.8 Å². The molecule has 0 amide bonds. The van der Waals surface area contributed by atoms with Gasteiger partial charge in [-0.05, 0) is 12.5 Å². The smallest absolute Gasteiger partial charge is 0.325 e. The number of carbonyl (C=O) groups is 1. The molecule has 1 aromatic rings. The van der Waals surface area contributed by atoms with E-state index in [1.54, 1.807) is 13.2 Å². The van der Waals surface area contributed by atoms with Crippen LogP contribution < -0.4 is 15.4 Å². The number of rotatable bonds is 3. The number of anilines is 1. The lowest BCUT2D eigenvalue weighted by atomic mass is 10.0. The Hall–Kier alpha value is -1.82. The third-order valence-electron chi connectivity index (χ3n) is 2.97. The largest absolute Gasteiger partial charge is 0.481 e. The maximum atomic E-state index is 11.0. The van der Waals surface area contributed by atoms with E-state index in [9.17, 15) is 4.79 Å². The zero-order chi connectivity index (χ0) is 12.5. The predicted octanol–water partition coefficient (Wildman–Crippen LogP) is 0.0824. The molecule has 3 N–H and O–H groups in total. The van der Waals surface area contributed by atoms with E-state index in [-0.39, 0.29) is 6.54 Å². The highest BCUT2D eigenvalue weighted by Gasteiger charge is 2.41. The van der Waals surface area contributed by atoms with Crippen LogP contribution in [0, 0.1) is 0 Å². The van der Waals surface area contributed by atoms with Crippen LogP contribution in [-0.2, 0) is 4.79 Å². The summed E-state index contributed by atoms with van der Waals surface area (Å²) < 4.78 is 5.03. The average molecular weight is 237 g/mol. The Kier molecular flexibility index (Phi) is 2.89. The number of carboxylic acid groups (broad SMARTS) is 1. The number of nitrogens with zero attached hydrogens (tertiary/aromatic N) is 2. The van der Waals surface area contributed by atoms with Gasteiger partial charge in [-0.1, -0.05) is 6.07 Å². The highest BCUT2D eigenvalue weighted by molar-refractivity contribution is 5.80. The lowest BCUT2D eigenvalue weighted by Crippen LogP contribution is -2.50. The number of methoxy groups -OCH3 is 1. The molecule has 92 valence electrons. The summed E-state index contributed by atoms with van der Waals surface area (Å²) in [5.74, 6) is 0.230. The van der Waals surface area contributed by atoms with Crippen LogP contribution >= 0.6 is 0 Å². The Bertz CT molecular complexity index is 438. The zero-order valence-corrected chi connectivity index (χ0v) is 9.59. The highest BCUT2D eigenvalue weighted by atomic mass is 16.5. The van der Waals surface area contributed by atoms with E-state index in [1.807, 2.05) is 17.0 Å². The molecule has 1 aliphatic heterocycles. The Balaban J connectivity index is 2.17. The first-order valence-electron chi connectivity index (χ1n) is 5.33. The van der Waals surface area contributed by atoms with Crippen LogP contribution in [0.5, 0.6) is 5.88 Å². The molecule has 0 radical (unpaired) electrons. The van der Waals surface area contributed by atoms with E-state index in [2.05, 4.69) is 4.98 Å². The summed E-state index contributed by atoms with van der Waals surface area (Å²) in [5, 5.41) is 9.04. The van der Waals surface area contributed by atoms with Crippen molar-refractivity contribution in [2.45, 2.75) is 12.0 Å². The molecule has 1 aromatic heterocycles. The number of aromatic nitrogens is 1. The summed E-state index contributed by atoms with van der Waals surface area (Å²) in [6.45, 7) is 0.853. The number of hydrogen-bond donors (Lipinski definition) is 2. The summed E-state index contributed by atoms with van der Waals surface area (Å²) in [6, 6.07) is 5.38. The molecule has 6 heteroatoms. The zero-order valence-electron chi connectivity index (χ0n) is 9.59. The van der Waals surface area contributed by atoms with E-state index in [0.29, 0.717) is 24.7 Å². The Morgan fingerprint density at radius 3 is 3.00 bits per heavy atom. The van der Waals surface area contributed by atoms with E-state index < -0.39 is 11.5 Å². The van der Waals surface area contributed by atoms with Crippen molar-refractivity contribution in [3.63, 3.8) is 0 Å². The van der Waals surface area contributed by atoms with Crippen molar-refractivity contribution in [1.29, 1.82) is 0 Å². The minimum atomic E-state index is -1.18. The molecule has 2 rings (SSSR count). The van der Waals surface area contributed by atoms with Crippen LogP contribution in [0.2, 0.25) is 0 Å². The summed E-state index contributed by atoms with van der Waals surface area (Å²) in [6.07, 6.45) is 0.418. The van der Waals surface area contributed by atoms with Crippen molar-refractivity contribution < 1.29 is 14.6 Å². The first-order chi connectivity index (χ1) is 8.05. The lowest BCUT2D eigenvalue weighted by molar-refractivity contribution is -0.142. The van der Waals surface area contributed by atoms with Gasteiger partial charge in [0, 0.05) is 19.2 Å². The second kappa shape index (κ2) is 4.21. The highest BCUT2D eigenvalue weighted by Crippen LogP contribution is 2.25. The number of hydrogen-bond acceptors (Lipinski definition) is 5. The molecule has 0 saturated carbocycles. The lowest BCUT2D eigenvalue weighted by Gasteiger charge is -2.20. The van der Waals surface area contributed by atoms with Crippen LogP contribution in [0.3, 0.4) is 0 Å². The van der Waals surface area contributed by atoms with Crippen molar-refractivity contribution in [1.82, 2.24) is 4.98 Å². The molecule has 0 bridgehead atoms. The van der Waals surface area contributed by atoms with Gasteiger partial charge in [0.1, 0.15) is 11.4 Å². The number of carboxylic acids is 1. The Morgan fingerprint density at radius 1 is 1.65 bits per heavy atom. The minimum absolute atomic E-state index is 0.266. The maximum Gasteiger partial charge on any atom is 0.325 e. The fourth-order valence-electron chi connectivity index (χ4n) is 1.90. The first kappa shape index (κ1) is 11.7. The normalized spacial score (nSPS) is 23.8. The van der Waals surface area contributed by atoms with Gasteiger partial charge in [-0.25, -0.2) is 0 Å². The number of pyridine rings is 1. The summed E-state index contributed by atoms with van der Waals surface area (Å²) in [5.41, 5.74) is 4.62. The van der Waals surface area contributed by atoms with Crippen LogP contribution in [0.4, 0.5) is 5.82 Å². The maximum absolute atomic E-state index is 11.0. The van der Waals surface area contributed by atoms with E-state index in [1.165, 1.54) is 0 Å². The SMILES string of the molecule is COc1cccc(N2CCC(N)(C(=O)O)C2)n1. The first-order valence-corrected chi connectivity index (χ1v) is 5.33. The average Bonchev–Trinajstić information content (AvgIpc) is 2.74. The van der Waals surface area contributed by atoms with Gasteiger partial charge in [0.2, 0.25) is 5.88 Å². The molecule has 0 aromatic carbocycles. The van der Waals surface area contributed by atoms with Crippen molar-refractivity contribution in [2.75, 3.05) is 25.1 Å². The van der Waals surface area contributed by atoms with Gasteiger partial charge in [0.25, 0.3) is 0 Å². The van der Waals surface area contributed by atoms with Crippen molar-refractivity contribution >= 4 is 11.8 Å². The van der Waals surface area contributed by atoms with Crippen molar-refractivity contribution in [3.05, 3.63) is 18.2 Å². The van der Waals surface area contributed by atoms with Gasteiger partial charge in [-0.3, -0.25) is 4.79 Å². The third kappa shape index (κ3) is 2.16. The van der Waals surface area contributed by atoms with Gasteiger partial charge < -0.3 is 20.5 Å². The topological polar surface area (TPSA) is 88.7 Å². The van der Waals surface area contributed by atoms with Gasteiger partial charge in [-0.2, -0.15) is 4.98 Å². The quantitative estimate of drug-likeness (QED) is 0.774. The fraction of sp³-hybridized carbons (Fsp3) is 0.455. The second-order valence-corrected chi connectivity index (χ2v) is 4.17. The Labute approximate surface area is 99.0 Å². The standard InChI is InChI=1S/C11H15N3O3/c1-17-9-4-2-3-8(13-9)14-6-5-11(12,7-14)10(15)16/h2-4H,5-7,12H2,1H3,(H,15,16). The van der Waals surface area contributed by atoms with Gasteiger partial charge in [0.05, 0.1) is 7.11 Å². The third-order valence-corrected chi connectivity index (χ3v) is 2.97. The molecular formula is C11H15N3O3. The fourth-order valence-corrected chi connectivity index (χ4v) is 1.90. The number of nitrogens with two attached hydrogens (primary N) is 1. The van der Waals surface area contributed by atoms with Crippen molar-refractivity contribution in [2.24, 2.45) is 5.73 Å². The van der Waals surface area contributed by atoms with Crippen molar-refractivity contribution in [3.8, 4) is 5.88 Å². The van der Waals surface area contributed by atoms with Gasteiger partial charge in [-0.15, -0.1) is 0 Å². The molecule has 1 unspecified atom stereocenters. The predicted molar refractivity (Wildman–Crippen MR) is 62.2 cm³/mol. The number of aliphatic carboxylic acids is 1. The van der Waals surface area contributed by atoms with Gasteiger partial charge in [0.15, 0.2) is 0 Å². The molecule has 17 heavy (non-hydrogen) atoms.